The fraction of sp³-hybridized carbons (Fsp3) is 0.333. The number of hydrogen-bond donors (Lipinski definition) is 1. The van der Waals surface area contributed by atoms with Crippen molar-refractivity contribution in [3.05, 3.63) is 65.5 Å². The van der Waals surface area contributed by atoms with E-state index in [1.807, 2.05) is 30.3 Å². The molecule has 0 amide bonds. The van der Waals surface area contributed by atoms with Gasteiger partial charge >= 0.3 is 0 Å². The Labute approximate surface area is 125 Å². The maximum Gasteiger partial charge on any atom is 0.129 e. The van der Waals surface area contributed by atoms with E-state index >= 15 is 0 Å². The first kappa shape index (κ1) is 14.1. The summed E-state index contributed by atoms with van der Waals surface area (Å²) in [6.07, 6.45) is 2.40. The van der Waals surface area contributed by atoms with Crippen LogP contribution in [0.2, 0.25) is 0 Å². The van der Waals surface area contributed by atoms with Crippen LogP contribution < -0.4 is 10.2 Å². The third-order valence-corrected chi connectivity index (χ3v) is 4.01. The van der Waals surface area contributed by atoms with Gasteiger partial charge in [0.1, 0.15) is 5.82 Å². The lowest BCUT2D eigenvalue weighted by Gasteiger charge is -2.22. The molecule has 1 N–H and O–H groups in total. The molecule has 0 bridgehead atoms. The van der Waals surface area contributed by atoms with E-state index in [1.165, 1.54) is 18.4 Å². The highest BCUT2D eigenvalue weighted by molar-refractivity contribution is 5.54. The second-order valence-corrected chi connectivity index (χ2v) is 5.52. The number of nitrogens with zero attached hydrogens (tertiary/aromatic N) is 1. The second-order valence-electron chi connectivity index (χ2n) is 5.52. The molecule has 1 fully saturated rings. The minimum absolute atomic E-state index is 0.111. The van der Waals surface area contributed by atoms with Crippen molar-refractivity contribution in [3.63, 3.8) is 0 Å². The van der Waals surface area contributed by atoms with Gasteiger partial charge in [-0.05, 0) is 30.5 Å². The average Bonchev–Trinajstić information content (AvgIpc) is 3.04. The van der Waals surface area contributed by atoms with E-state index in [-0.39, 0.29) is 5.82 Å². The van der Waals surface area contributed by atoms with E-state index in [0.29, 0.717) is 6.54 Å². The zero-order valence-electron chi connectivity index (χ0n) is 12.2. The van der Waals surface area contributed by atoms with Gasteiger partial charge in [-0.3, -0.25) is 0 Å². The zero-order valence-corrected chi connectivity index (χ0v) is 12.2. The minimum atomic E-state index is -0.111. The summed E-state index contributed by atoms with van der Waals surface area (Å²) >= 11 is 0. The first-order valence-corrected chi connectivity index (χ1v) is 7.61. The van der Waals surface area contributed by atoms with Gasteiger partial charge in [0.15, 0.2) is 0 Å². The van der Waals surface area contributed by atoms with Crippen molar-refractivity contribution in [2.75, 3.05) is 18.0 Å². The molecule has 2 aromatic carbocycles. The van der Waals surface area contributed by atoms with Gasteiger partial charge in [-0.2, -0.15) is 0 Å². The van der Waals surface area contributed by atoms with Gasteiger partial charge in [-0.15, -0.1) is 0 Å². The summed E-state index contributed by atoms with van der Waals surface area (Å²) in [5.74, 6) is -0.111. The number of halogens is 1. The Hall–Kier alpha value is -1.87. The number of rotatable bonds is 5. The first-order valence-electron chi connectivity index (χ1n) is 7.61. The molecule has 110 valence electrons. The number of anilines is 1. The minimum Gasteiger partial charge on any atom is -0.371 e. The topological polar surface area (TPSA) is 15.3 Å². The SMILES string of the molecule is Fc1cccc(N2CCCC2)c1CNCc1ccccc1. The van der Waals surface area contributed by atoms with E-state index in [0.717, 1.165) is 30.9 Å². The fourth-order valence-electron chi connectivity index (χ4n) is 2.90. The molecule has 0 radical (unpaired) electrons. The third-order valence-electron chi connectivity index (χ3n) is 4.01. The van der Waals surface area contributed by atoms with Crippen LogP contribution >= 0.6 is 0 Å². The number of benzene rings is 2. The molecule has 3 heteroatoms. The van der Waals surface area contributed by atoms with Gasteiger partial charge in [0.25, 0.3) is 0 Å². The highest BCUT2D eigenvalue weighted by atomic mass is 19.1. The van der Waals surface area contributed by atoms with Crippen molar-refractivity contribution in [1.29, 1.82) is 0 Å². The third kappa shape index (κ3) is 3.42. The van der Waals surface area contributed by atoms with Crippen molar-refractivity contribution in [2.24, 2.45) is 0 Å². The molecule has 2 nitrogen and oxygen atoms in total. The lowest BCUT2D eigenvalue weighted by Crippen LogP contribution is -2.22. The van der Waals surface area contributed by atoms with Crippen LogP contribution in [0.5, 0.6) is 0 Å². The van der Waals surface area contributed by atoms with Crippen LogP contribution in [0.15, 0.2) is 48.5 Å². The first-order chi connectivity index (χ1) is 10.3. The van der Waals surface area contributed by atoms with Crippen molar-refractivity contribution in [1.82, 2.24) is 5.32 Å². The largest absolute Gasteiger partial charge is 0.371 e. The summed E-state index contributed by atoms with van der Waals surface area (Å²) in [5, 5.41) is 3.36. The van der Waals surface area contributed by atoms with Crippen molar-refractivity contribution in [2.45, 2.75) is 25.9 Å². The smallest absolute Gasteiger partial charge is 0.129 e. The lowest BCUT2D eigenvalue weighted by atomic mass is 10.1. The molecule has 1 saturated heterocycles. The molecule has 3 rings (SSSR count). The molecule has 21 heavy (non-hydrogen) atoms. The van der Waals surface area contributed by atoms with Crippen LogP contribution in [0, 0.1) is 5.82 Å². The van der Waals surface area contributed by atoms with Crippen molar-refractivity contribution < 1.29 is 4.39 Å². The van der Waals surface area contributed by atoms with Crippen LogP contribution in [-0.2, 0) is 13.1 Å². The molecule has 1 heterocycles. The fourth-order valence-corrected chi connectivity index (χ4v) is 2.90. The molecule has 0 aromatic heterocycles. The Kier molecular flexibility index (Phi) is 4.51. The van der Waals surface area contributed by atoms with Crippen LogP contribution in [0.25, 0.3) is 0 Å². The highest BCUT2D eigenvalue weighted by Crippen LogP contribution is 2.26. The quantitative estimate of drug-likeness (QED) is 0.900. The second kappa shape index (κ2) is 6.72. The maximum atomic E-state index is 14.2. The Morgan fingerprint density at radius 3 is 2.43 bits per heavy atom. The molecular weight excluding hydrogens is 263 g/mol. The molecule has 0 spiro atoms. The molecule has 1 aliphatic rings. The van der Waals surface area contributed by atoms with Gasteiger partial charge in [-0.1, -0.05) is 36.4 Å². The summed E-state index contributed by atoms with van der Waals surface area (Å²) < 4.78 is 14.2. The van der Waals surface area contributed by atoms with Gasteiger partial charge in [-0.25, -0.2) is 4.39 Å². The van der Waals surface area contributed by atoms with Gasteiger partial charge in [0, 0.05) is 37.4 Å². The van der Waals surface area contributed by atoms with Gasteiger partial charge < -0.3 is 10.2 Å². The van der Waals surface area contributed by atoms with E-state index in [2.05, 4.69) is 22.3 Å². The van der Waals surface area contributed by atoms with E-state index in [1.54, 1.807) is 6.07 Å². The summed E-state index contributed by atoms with van der Waals surface area (Å²) in [6, 6.07) is 15.6. The molecular formula is C18H21FN2. The van der Waals surface area contributed by atoms with Crippen LogP contribution in [0.3, 0.4) is 0 Å². The van der Waals surface area contributed by atoms with E-state index in [9.17, 15) is 4.39 Å². The normalized spacial score (nSPS) is 14.6. The molecule has 0 saturated carbocycles. The molecule has 0 aliphatic carbocycles. The summed E-state index contributed by atoms with van der Waals surface area (Å²) in [4.78, 5) is 2.29. The number of hydrogen-bond acceptors (Lipinski definition) is 2. The Balaban J connectivity index is 1.69. The van der Waals surface area contributed by atoms with E-state index < -0.39 is 0 Å². The Bertz CT molecular complexity index is 577. The van der Waals surface area contributed by atoms with Crippen molar-refractivity contribution in [3.8, 4) is 0 Å². The monoisotopic (exact) mass is 284 g/mol. The summed E-state index contributed by atoms with van der Waals surface area (Å²) in [5.41, 5.74) is 3.06. The average molecular weight is 284 g/mol. The van der Waals surface area contributed by atoms with Crippen molar-refractivity contribution >= 4 is 5.69 Å². The Morgan fingerprint density at radius 1 is 0.905 bits per heavy atom. The predicted molar refractivity (Wildman–Crippen MR) is 84.8 cm³/mol. The maximum absolute atomic E-state index is 14.2. The predicted octanol–water partition coefficient (Wildman–Crippen LogP) is 3.72. The van der Waals surface area contributed by atoms with Crippen LogP contribution in [0.1, 0.15) is 24.0 Å². The lowest BCUT2D eigenvalue weighted by molar-refractivity contribution is 0.587. The van der Waals surface area contributed by atoms with Crippen LogP contribution in [-0.4, -0.2) is 13.1 Å². The summed E-state index contributed by atoms with van der Waals surface area (Å²) in [7, 11) is 0. The molecule has 2 aromatic rings. The van der Waals surface area contributed by atoms with Gasteiger partial charge in [0.05, 0.1) is 0 Å². The standard InChI is InChI=1S/C18H21FN2/c19-17-9-6-10-18(21-11-4-5-12-21)16(17)14-20-13-15-7-2-1-3-8-15/h1-3,6-10,20H,4-5,11-14H2. The Morgan fingerprint density at radius 2 is 1.67 bits per heavy atom. The highest BCUT2D eigenvalue weighted by Gasteiger charge is 2.17. The molecule has 0 atom stereocenters. The molecule has 1 aliphatic heterocycles. The van der Waals surface area contributed by atoms with Gasteiger partial charge in [0.2, 0.25) is 0 Å². The van der Waals surface area contributed by atoms with Crippen LogP contribution in [0.4, 0.5) is 10.1 Å². The molecule has 0 unspecified atom stereocenters. The summed E-state index contributed by atoms with van der Waals surface area (Å²) in [6.45, 7) is 3.40. The number of nitrogens with one attached hydrogen (secondary N) is 1. The zero-order chi connectivity index (χ0) is 14.5. The van der Waals surface area contributed by atoms with E-state index in [4.69, 9.17) is 0 Å².